The summed E-state index contributed by atoms with van der Waals surface area (Å²) in [5.41, 5.74) is 0. The van der Waals surface area contributed by atoms with Crippen LogP contribution in [0, 0.1) is 5.92 Å². The van der Waals surface area contributed by atoms with E-state index in [0.29, 0.717) is 11.4 Å². The number of hydrogen-bond donors (Lipinski definition) is 2. The number of hydrogen-bond acceptors (Lipinski definition) is 3. The van der Waals surface area contributed by atoms with Crippen molar-refractivity contribution in [3.8, 4) is 0 Å². The monoisotopic (exact) mass is 267 g/mol. The third-order valence-electron chi connectivity index (χ3n) is 3.29. The van der Waals surface area contributed by atoms with Crippen molar-refractivity contribution < 1.29 is 14.7 Å². The van der Waals surface area contributed by atoms with Gasteiger partial charge in [0, 0.05) is 10.8 Å². The lowest BCUT2D eigenvalue weighted by Crippen LogP contribution is -2.31. The molecule has 0 bridgehead atoms. The van der Waals surface area contributed by atoms with Gasteiger partial charge < -0.3 is 10.4 Å². The van der Waals surface area contributed by atoms with Crippen molar-refractivity contribution in [1.29, 1.82) is 0 Å². The Bertz CT molecular complexity index is 435. The lowest BCUT2D eigenvalue weighted by Gasteiger charge is -2.20. The number of carboxylic acids is 1. The standard InChI is InChI=1S/C13H17NO3S/c15-12(9-4-2-1-3-5-9)14-8-10-6-7-11(18-10)13(16)17/h6-7,9H,1-5,8H2,(H,14,15)(H,16,17). The normalized spacial score (nSPS) is 16.4. The molecule has 1 aromatic rings. The maximum atomic E-state index is 11.9. The van der Waals surface area contributed by atoms with Crippen molar-refractivity contribution >= 4 is 23.2 Å². The van der Waals surface area contributed by atoms with E-state index in [0.717, 1.165) is 30.6 Å². The number of aromatic carboxylic acids is 1. The molecular weight excluding hydrogens is 250 g/mol. The second kappa shape index (κ2) is 6.00. The van der Waals surface area contributed by atoms with Crippen LogP contribution in [0.5, 0.6) is 0 Å². The van der Waals surface area contributed by atoms with Crippen LogP contribution in [0.4, 0.5) is 0 Å². The number of carbonyl (C=O) groups excluding carboxylic acids is 1. The average molecular weight is 267 g/mol. The zero-order valence-electron chi connectivity index (χ0n) is 10.1. The minimum Gasteiger partial charge on any atom is -0.477 e. The summed E-state index contributed by atoms with van der Waals surface area (Å²) < 4.78 is 0. The molecule has 0 aliphatic heterocycles. The van der Waals surface area contributed by atoms with Gasteiger partial charge in [-0.3, -0.25) is 4.79 Å². The van der Waals surface area contributed by atoms with Gasteiger partial charge in [0.15, 0.2) is 0 Å². The topological polar surface area (TPSA) is 66.4 Å². The van der Waals surface area contributed by atoms with E-state index in [4.69, 9.17) is 5.11 Å². The van der Waals surface area contributed by atoms with E-state index < -0.39 is 5.97 Å². The summed E-state index contributed by atoms with van der Waals surface area (Å²) in [7, 11) is 0. The number of carboxylic acid groups (broad SMARTS) is 1. The van der Waals surface area contributed by atoms with Crippen molar-refractivity contribution in [1.82, 2.24) is 5.32 Å². The molecule has 0 spiro atoms. The van der Waals surface area contributed by atoms with Gasteiger partial charge in [0.05, 0.1) is 6.54 Å². The van der Waals surface area contributed by atoms with E-state index in [1.54, 1.807) is 12.1 Å². The number of rotatable bonds is 4. The summed E-state index contributed by atoms with van der Waals surface area (Å²) >= 11 is 1.22. The minimum atomic E-state index is -0.912. The number of thiophene rings is 1. The van der Waals surface area contributed by atoms with Crippen molar-refractivity contribution in [2.75, 3.05) is 0 Å². The molecule has 1 saturated carbocycles. The highest BCUT2D eigenvalue weighted by Crippen LogP contribution is 2.24. The zero-order chi connectivity index (χ0) is 13.0. The van der Waals surface area contributed by atoms with Gasteiger partial charge in [0.2, 0.25) is 5.91 Å². The Balaban J connectivity index is 1.82. The lowest BCUT2D eigenvalue weighted by atomic mass is 9.89. The summed E-state index contributed by atoms with van der Waals surface area (Å²) in [4.78, 5) is 23.8. The first-order valence-electron chi connectivity index (χ1n) is 6.26. The van der Waals surface area contributed by atoms with Gasteiger partial charge in [-0.05, 0) is 25.0 Å². The quantitative estimate of drug-likeness (QED) is 0.881. The van der Waals surface area contributed by atoms with E-state index >= 15 is 0 Å². The molecule has 5 heteroatoms. The second-order valence-corrected chi connectivity index (χ2v) is 5.79. The van der Waals surface area contributed by atoms with E-state index in [-0.39, 0.29) is 11.8 Å². The molecule has 1 heterocycles. The Hall–Kier alpha value is -1.36. The molecule has 1 aromatic heterocycles. The second-order valence-electron chi connectivity index (χ2n) is 4.62. The maximum absolute atomic E-state index is 11.9. The third kappa shape index (κ3) is 3.32. The van der Waals surface area contributed by atoms with Gasteiger partial charge in [-0.2, -0.15) is 0 Å². The Morgan fingerprint density at radius 2 is 2.00 bits per heavy atom. The molecule has 0 saturated heterocycles. The lowest BCUT2D eigenvalue weighted by molar-refractivity contribution is -0.126. The minimum absolute atomic E-state index is 0.111. The Kier molecular flexibility index (Phi) is 4.36. The van der Waals surface area contributed by atoms with Crippen LogP contribution in [0.3, 0.4) is 0 Å². The molecule has 1 aliphatic carbocycles. The van der Waals surface area contributed by atoms with Crippen molar-refractivity contribution in [3.05, 3.63) is 21.9 Å². The van der Waals surface area contributed by atoms with Gasteiger partial charge in [0.25, 0.3) is 0 Å². The number of amides is 1. The Labute approximate surface area is 110 Å². The van der Waals surface area contributed by atoms with Crippen LogP contribution in [0.15, 0.2) is 12.1 Å². The Morgan fingerprint density at radius 1 is 1.28 bits per heavy atom. The summed E-state index contributed by atoms with van der Waals surface area (Å²) in [6.07, 6.45) is 5.48. The zero-order valence-corrected chi connectivity index (χ0v) is 11.0. The van der Waals surface area contributed by atoms with E-state index in [1.165, 1.54) is 17.8 Å². The van der Waals surface area contributed by atoms with Crippen molar-refractivity contribution in [2.45, 2.75) is 38.6 Å². The third-order valence-corrected chi connectivity index (χ3v) is 4.36. The molecular formula is C13H17NO3S. The van der Waals surface area contributed by atoms with Gasteiger partial charge in [-0.1, -0.05) is 19.3 Å². The van der Waals surface area contributed by atoms with Crippen molar-refractivity contribution in [2.24, 2.45) is 5.92 Å². The first-order valence-corrected chi connectivity index (χ1v) is 7.08. The van der Waals surface area contributed by atoms with Gasteiger partial charge in [-0.15, -0.1) is 11.3 Å². The van der Waals surface area contributed by atoms with Gasteiger partial charge in [-0.25, -0.2) is 4.79 Å². The fourth-order valence-electron chi connectivity index (χ4n) is 2.27. The van der Waals surface area contributed by atoms with Crippen LogP contribution in [0.2, 0.25) is 0 Å². The number of carbonyl (C=O) groups is 2. The van der Waals surface area contributed by atoms with Crippen molar-refractivity contribution in [3.63, 3.8) is 0 Å². The van der Waals surface area contributed by atoms with Crippen LogP contribution in [-0.2, 0) is 11.3 Å². The summed E-state index contributed by atoms with van der Waals surface area (Å²) in [5, 5.41) is 11.7. The fourth-order valence-corrected chi connectivity index (χ4v) is 3.06. The first kappa shape index (κ1) is 13.1. The van der Waals surface area contributed by atoms with Crippen LogP contribution >= 0.6 is 11.3 Å². The molecule has 2 rings (SSSR count). The molecule has 2 N–H and O–H groups in total. The average Bonchev–Trinajstić information content (AvgIpc) is 2.86. The summed E-state index contributed by atoms with van der Waals surface area (Å²) in [6.45, 7) is 0.438. The molecule has 0 atom stereocenters. The molecule has 4 nitrogen and oxygen atoms in total. The van der Waals surface area contributed by atoms with Gasteiger partial charge >= 0.3 is 5.97 Å². The molecule has 0 aromatic carbocycles. The molecule has 1 aliphatic rings. The highest BCUT2D eigenvalue weighted by molar-refractivity contribution is 7.13. The van der Waals surface area contributed by atoms with Crippen LogP contribution in [0.25, 0.3) is 0 Å². The van der Waals surface area contributed by atoms with E-state index in [1.807, 2.05) is 0 Å². The van der Waals surface area contributed by atoms with Crippen LogP contribution in [0.1, 0.15) is 46.7 Å². The molecule has 18 heavy (non-hydrogen) atoms. The highest BCUT2D eigenvalue weighted by atomic mass is 32.1. The maximum Gasteiger partial charge on any atom is 0.345 e. The summed E-state index contributed by atoms with van der Waals surface area (Å²) in [5.74, 6) is -0.650. The fraction of sp³-hybridized carbons (Fsp3) is 0.538. The smallest absolute Gasteiger partial charge is 0.345 e. The molecule has 1 fully saturated rings. The first-order chi connectivity index (χ1) is 8.66. The number of nitrogens with one attached hydrogen (secondary N) is 1. The molecule has 1 amide bonds. The Morgan fingerprint density at radius 3 is 2.61 bits per heavy atom. The van der Waals surface area contributed by atoms with Gasteiger partial charge in [0.1, 0.15) is 4.88 Å². The van der Waals surface area contributed by atoms with Crippen LogP contribution < -0.4 is 5.32 Å². The molecule has 0 radical (unpaired) electrons. The SMILES string of the molecule is O=C(O)c1ccc(CNC(=O)C2CCCCC2)s1. The largest absolute Gasteiger partial charge is 0.477 e. The predicted molar refractivity (Wildman–Crippen MR) is 69.7 cm³/mol. The van der Waals surface area contributed by atoms with E-state index in [2.05, 4.69) is 5.32 Å². The van der Waals surface area contributed by atoms with E-state index in [9.17, 15) is 9.59 Å². The summed E-state index contributed by atoms with van der Waals surface area (Å²) in [6, 6.07) is 3.34. The molecule has 0 unspecified atom stereocenters. The van der Waals surface area contributed by atoms with Crippen LogP contribution in [-0.4, -0.2) is 17.0 Å². The predicted octanol–water partition coefficient (Wildman–Crippen LogP) is 2.64. The highest BCUT2D eigenvalue weighted by Gasteiger charge is 2.20. The molecule has 98 valence electrons.